The first-order chi connectivity index (χ1) is 9.24. The van der Waals surface area contributed by atoms with E-state index in [2.05, 4.69) is 22.8 Å². The van der Waals surface area contributed by atoms with Crippen LogP contribution in [0.1, 0.15) is 17.0 Å². The molecule has 0 N–H and O–H groups in total. The second-order valence-electron chi connectivity index (χ2n) is 4.03. The molecule has 0 fully saturated rings. The fourth-order valence-electron chi connectivity index (χ4n) is 1.69. The van der Waals surface area contributed by atoms with Crippen LogP contribution in [0.4, 0.5) is 0 Å². The molecular weight excluding hydrogens is 256 g/mol. The molecule has 0 aliphatic rings. The maximum atomic E-state index is 8.87. The Morgan fingerprint density at radius 3 is 3.05 bits per heavy atom. The zero-order valence-electron chi connectivity index (χ0n) is 10.7. The number of aryl methyl sites for hydroxylation is 1. The third kappa shape index (κ3) is 3.24. The summed E-state index contributed by atoms with van der Waals surface area (Å²) in [4.78, 5) is 0. The van der Waals surface area contributed by atoms with E-state index in [1.165, 1.54) is 0 Å². The number of benzene rings is 1. The molecule has 0 saturated heterocycles. The lowest BCUT2D eigenvalue weighted by Crippen LogP contribution is -2.00. The van der Waals surface area contributed by atoms with Gasteiger partial charge in [-0.2, -0.15) is 5.26 Å². The lowest BCUT2D eigenvalue weighted by Gasteiger charge is -2.05. The van der Waals surface area contributed by atoms with E-state index in [0.29, 0.717) is 12.1 Å². The van der Waals surface area contributed by atoms with E-state index in [1.807, 2.05) is 35.8 Å². The molecule has 0 bridgehead atoms. The molecule has 5 heteroatoms. The van der Waals surface area contributed by atoms with Gasteiger partial charge in [0.25, 0.3) is 0 Å². The number of hydrogen-bond donors (Lipinski definition) is 0. The smallest absolute Gasteiger partial charge is 0.191 e. The maximum Gasteiger partial charge on any atom is 0.191 e. The van der Waals surface area contributed by atoms with Gasteiger partial charge in [0.1, 0.15) is 5.82 Å². The molecule has 96 valence electrons. The van der Waals surface area contributed by atoms with Gasteiger partial charge in [-0.3, -0.25) is 0 Å². The number of aromatic nitrogens is 3. The molecule has 0 amide bonds. The molecule has 0 aliphatic heterocycles. The van der Waals surface area contributed by atoms with Gasteiger partial charge in [-0.05, 0) is 24.6 Å². The van der Waals surface area contributed by atoms with Gasteiger partial charge in [0, 0.05) is 12.3 Å². The van der Waals surface area contributed by atoms with Crippen molar-refractivity contribution in [2.45, 2.75) is 24.4 Å². The Kier molecular flexibility index (Phi) is 4.37. The van der Waals surface area contributed by atoms with Gasteiger partial charge in [0.2, 0.25) is 0 Å². The first kappa shape index (κ1) is 13.4. The molecule has 4 nitrogen and oxygen atoms in total. The van der Waals surface area contributed by atoms with Gasteiger partial charge in [0.05, 0.1) is 11.6 Å². The quantitative estimate of drug-likeness (QED) is 0.619. The average molecular weight is 270 g/mol. The van der Waals surface area contributed by atoms with E-state index >= 15 is 0 Å². The largest absolute Gasteiger partial charge is 0.302 e. The zero-order chi connectivity index (χ0) is 13.7. The lowest BCUT2D eigenvalue weighted by molar-refractivity contribution is 0.703. The Hall–Kier alpha value is -2.06. The van der Waals surface area contributed by atoms with Crippen LogP contribution in [0, 0.1) is 18.3 Å². The van der Waals surface area contributed by atoms with Crippen molar-refractivity contribution in [3.8, 4) is 6.07 Å². The minimum atomic E-state index is 0.682. The van der Waals surface area contributed by atoms with E-state index < -0.39 is 0 Å². The van der Waals surface area contributed by atoms with Gasteiger partial charge < -0.3 is 4.57 Å². The molecule has 0 spiro atoms. The fourth-order valence-corrected chi connectivity index (χ4v) is 2.62. The topological polar surface area (TPSA) is 54.5 Å². The lowest BCUT2D eigenvalue weighted by atomic mass is 10.2. The average Bonchev–Trinajstić information content (AvgIpc) is 2.78. The summed E-state index contributed by atoms with van der Waals surface area (Å²) in [5.41, 5.74) is 1.79. The van der Waals surface area contributed by atoms with Crippen molar-refractivity contribution in [3.05, 3.63) is 53.9 Å². The Balaban J connectivity index is 2.10. The molecular formula is C14H14N4S. The summed E-state index contributed by atoms with van der Waals surface area (Å²) in [7, 11) is 0. The minimum Gasteiger partial charge on any atom is -0.302 e. The van der Waals surface area contributed by atoms with Crippen molar-refractivity contribution in [1.29, 1.82) is 5.26 Å². The molecule has 0 aliphatic carbocycles. The number of rotatable bonds is 5. The Bertz CT molecular complexity index is 625. The fraction of sp³-hybridized carbons (Fsp3) is 0.214. The van der Waals surface area contributed by atoms with Crippen LogP contribution in [0.2, 0.25) is 0 Å². The molecule has 2 rings (SSSR count). The number of nitriles is 1. The van der Waals surface area contributed by atoms with Crippen LogP contribution in [0.3, 0.4) is 0 Å². The molecule has 1 heterocycles. The molecule has 0 radical (unpaired) electrons. The minimum absolute atomic E-state index is 0.682. The molecule has 19 heavy (non-hydrogen) atoms. The Morgan fingerprint density at radius 1 is 1.47 bits per heavy atom. The van der Waals surface area contributed by atoms with E-state index in [-0.39, 0.29) is 0 Å². The van der Waals surface area contributed by atoms with Gasteiger partial charge in [0.15, 0.2) is 5.16 Å². The second-order valence-corrected chi connectivity index (χ2v) is 4.97. The molecule has 1 aromatic heterocycles. The van der Waals surface area contributed by atoms with E-state index in [9.17, 15) is 0 Å². The highest BCUT2D eigenvalue weighted by Gasteiger charge is 2.08. The van der Waals surface area contributed by atoms with E-state index in [0.717, 1.165) is 22.3 Å². The summed E-state index contributed by atoms with van der Waals surface area (Å²) in [6, 6.07) is 9.75. The SMILES string of the molecule is C=CCn1c(C)nnc1SCc1cccc(C#N)c1. The van der Waals surface area contributed by atoms with Crippen LogP contribution in [-0.2, 0) is 12.3 Å². The van der Waals surface area contributed by atoms with Crippen molar-refractivity contribution >= 4 is 11.8 Å². The van der Waals surface area contributed by atoms with Crippen LogP contribution in [0.15, 0.2) is 42.1 Å². The highest BCUT2D eigenvalue weighted by molar-refractivity contribution is 7.98. The Morgan fingerprint density at radius 2 is 2.32 bits per heavy atom. The van der Waals surface area contributed by atoms with Crippen molar-refractivity contribution in [3.63, 3.8) is 0 Å². The molecule has 0 unspecified atom stereocenters. The van der Waals surface area contributed by atoms with Gasteiger partial charge >= 0.3 is 0 Å². The predicted molar refractivity (Wildman–Crippen MR) is 75.7 cm³/mol. The first-order valence-electron chi connectivity index (χ1n) is 5.87. The Labute approximate surface area is 116 Å². The second kappa shape index (κ2) is 6.21. The van der Waals surface area contributed by atoms with Crippen molar-refractivity contribution in [2.24, 2.45) is 0 Å². The highest BCUT2D eigenvalue weighted by Crippen LogP contribution is 2.22. The summed E-state index contributed by atoms with van der Waals surface area (Å²) in [5.74, 6) is 1.65. The van der Waals surface area contributed by atoms with E-state index in [4.69, 9.17) is 5.26 Å². The first-order valence-corrected chi connectivity index (χ1v) is 6.85. The van der Waals surface area contributed by atoms with Crippen LogP contribution < -0.4 is 0 Å². The van der Waals surface area contributed by atoms with Crippen LogP contribution in [-0.4, -0.2) is 14.8 Å². The predicted octanol–water partition coefficient (Wildman–Crippen LogP) is 2.94. The standard InChI is InChI=1S/C14H14N4S/c1-3-7-18-11(2)16-17-14(18)19-10-13-6-4-5-12(8-13)9-15/h3-6,8H,1,7,10H2,2H3. The van der Waals surface area contributed by atoms with Crippen molar-refractivity contribution < 1.29 is 0 Å². The van der Waals surface area contributed by atoms with Crippen molar-refractivity contribution in [1.82, 2.24) is 14.8 Å². The molecule has 2 aromatic rings. The maximum absolute atomic E-state index is 8.87. The zero-order valence-corrected chi connectivity index (χ0v) is 11.5. The van der Waals surface area contributed by atoms with Gasteiger partial charge in [-0.1, -0.05) is 30.0 Å². The third-order valence-electron chi connectivity index (χ3n) is 2.64. The number of allylic oxidation sites excluding steroid dienone is 1. The summed E-state index contributed by atoms with van der Waals surface area (Å²) < 4.78 is 2.02. The van der Waals surface area contributed by atoms with Crippen LogP contribution >= 0.6 is 11.8 Å². The number of thioether (sulfide) groups is 1. The van der Waals surface area contributed by atoms with Gasteiger partial charge in [-0.25, -0.2) is 0 Å². The highest BCUT2D eigenvalue weighted by atomic mass is 32.2. The summed E-state index contributed by atoms with van der Waals surface area (Å²) in [6.07, 6.45) is 1.83. The van der Waals surface area contributed by atoms with Crippen molar-refractivity contribution in [2.75, 3.05) is 0 Å². The molecule has 0 saturated carbocycles. The summed E-state index contributed by atoms with van der Waals surface area (Å²) in [6.45, 7) is 6.37. The molecule has 0 atom stereocenters. The monoisotopic (exact) mass is 270 g/mol. The molecule has 1 aromatic carbocycles. The van der Waals surface area contributed by atoms with Crippen LogP contribution in [0.5, 0.6) is 0 Å². The third-order valence-corrected chi connectivity index (χ3v) is 3.68. The number of hydrogen-bond acceptors (Lipinski definition) is 4. The van der Waals surface area contributed by atoms with Gasteiger partial charge in [-0.15, -0.1) is 16.8 Å². The summed E-state index contributed by atoms with van der Waals surface area (Å²) in [5, 5.41) is 18.0. The van der Waals surface area contributed by atoms with E-state index in [1.54, 1.807) is 17.8 Å². The number of nitrogens with zero attached hydrogens (tertiary/aromatic N) is 4. The normalized spacial score (nSPS) is 10.1. The summed E-state index contributed by atoms with van der Waals surface area (Å²) >= 11 is 1.61. The van der Waals surface area contributed by atoms with Crippen LogP contribution in [0.25, 0.3) is 0 Å².